The molecule has 70 valence electrons. The minimum atomic E-state index is 0.416. The lowest BCUT2D eigenvalue weighted by Gasteiger charge is -2.09. The maximum Gasteiger partial charge on any atom is 0.229 e. The van der Waals surface area contributed by atoms with E-state index in [1.54, 1.807) is 6.07 Å². The van der Waals surface area contributed by atoms with Crippen molar-refractivity contribution in [2.45, 2.75) is 6.42 Å². The third-order valence-electron chi connectivity index (χ3n) is 2.34. The highest BCUT2D eigenvalue weighted by atomic mass is 16.6. The summed E-state index contributed by atoms with van der Waals surface area (Å²) in [5, 5.41) is 7.55. The van der Waals surface area contributed by atoms with Crippen LogP contribution < -0.4 is 5.43 Å². The SMILES string of the molecule is O=[N+]1CCc2c(ccc3nonc23)N1. The number of hydrazine groups is 1. The lowest BCUT2D eigenvalue weighted by atomic mass is 10.1. The monoisotopic (exact) mass is 191 g/mol. The van der Waals surface area contributed by atoms with Crippen LogP contribution >= 0.6 is 0 Å². The minimum absolute atomic E-state index is 0.416. The molecule has 0 amide bonds. The molecule has 0 spiro atoms. The van der Waals surface area contributed by atoms with Gasteiger partial charge in [0.2, 0.25) is 6.54 Å². The maximum absolute atomic E-state index is 11.0. The number of anilines is 1. The van der Waals surface area contributed by atoms with Crippen LogP contribution in [-0.2, 0) is 6.42 Å². The van der Waals surface area contributed by atoms with E-state index in [0.717, 1.165) is 27.2 Å². The summed E-state index contributed by atoms with van der Waals surface area (Å²) in [4.78, 5) is 11.9. The molecule has 0 aliphatic carbocycles. The molecule has 0 bridgehead atoms. The van der Waals surface area contributed by atoms with Crippen LogP contribution in [0.4, 0.5) is 5.69 Å². The summed E-state index contributed by atoms with van der Waals surface area (Å²) in [6.45, 7) is 0.416. The van der Waals surface area contributed by atoms with Crippen molar-refractivity contribution in [3.8, 4) is 0 Å². The number of fused-ring (bicyclic) bond motifs is 3. The van der Waals surface area contributed by atoms with E-state index >= 15 is 0 Å². The molecule has 1 aliphatic rings. The third-order valence-corrected chi connectivity index (χ3v) is 2.34. The predicted molar refractivity (Wildman–Crippen MR) is 47.6 cm³/mol. The van der Waals surface area contributed by atoms with Crippen molar-refractivity contribution in [2.75, 3.05) is 12.0 Å². The Bertz CT molecular complexity index is 519. The zero-order chi connectivity index (χ0) is 9.54. The Balaban J connectivity index is 2.29. The van der Waals surface area contributed by atoms with Gasteiger partial charge in [0.25, 0.3) is 0 Å². The number of benzene rings is 1. The highest BCUT2D eigenvalue weighted by Crippen LogP contribution is 2.26. The number of rotatable bonds is 0. The average molecular weight is 191 g/mol. The number of hydrogen-bond donors (Lipinski definition) is 1. The Morgan fingerprint density at radius 1 is 1.43 bits per heavy atom. The number of aromatic nitrogens is 2. The van der Waals surface area contributed by atoms with Crippen LogP contribution in [0.15, 0.2) is 16.8 Å². The molecule has 0 unspecified atom stereocenters. The smallest absolute Gasteiger partial charge is 0.229 e. The fraction of sp³-hybridized carbons (Fsp3) is 0.250. The molecule has 0 fully saturated rings. The third kappa shape index (κ3) is 0.905. The summed E-state index contributed by atoms with van der Waals surface area (Å²) in [6.07, 6.45) is 0.664. The van der Waals surface area contributed by atoms with Crippen LogP contribution in [0.25, 0.3) is 11.0 Å². The van der Waals surface area contributed by atoms with Crippen molar-refractivity contribution >= 4 is 16.7 Å². The van der Waals surface area contributed by atoms with Crippen LogP contribution in [0.1, 0.15) is 5.56 Å². The first kappa shape index (κ1) is 7.43. The van der Waals surface area contributed by atoms with E-state index < -0.39 is 0 Å². The number of nitrogens with zero attached hydrogens (tertiary/aromatic N) is 3. The van der Waals surface area contributed by atoms with Gasteiger partial charge in [0.1, 0.15) is 21.6 Å². The summed E-state index contributed by atoms with van der Waals surface area (Å²) >= 11 is 0. The van der Waals surface area contributed by atoms with Crippen molar-refractivity contribution in [3.63, 3.8) is 0 Å². The van der Waals surface area contributed by atoms with Gasteiger partial charge < -0.3 is 0 Å². The maximum atomic E-state index is 11.0. The van der Waals surface area contributed by atoms with Gasteiger partial charge in [0, 0.05) is 12.0 Å². The van der Waals surface area contributed by atoms with Gasteiger partial charge in [-0.15, -0.1) is 5.43 Å². The van der Waals surface area contributed by atoms with E-state index in [2.05, 4.69) is 20.4 Å². The highest BCUT2D eigenvalue weighted by molar-refractivity contribution is 5.83. The van der Waals surface area contributed by atoms with Gasteiger partial charge in [0.05, 0.1) is 4.91 Å². The van der Waals surface area contributed by atoms with Gasteiger partial charge in [-0.25, -0.2) is 4.63 Å². The Hall–Kier alpha value is -1.98. The lowest BCUT2D eigenvalue weighted by Crippen LogP contribution is -2.25. The van der Waals surface area contributed by atoms with Crippen LogP contribution in [0.3, 0.4) is 0 Å². The number of hydrogen-bond acceptors (Lipinski definition) is 4. The van der Waals surface area contributed by atoms with E-state index in [1.807, 2.05) is 6.07 Å². The van der Waals surface area contributed by atoms with E-state index in [-0.39, 0.29) is 0 Å². The van der Waals surface area contributed by atoms with Gasteiger partial charge in [0.15, 0.2) is 0 Å². The second-order valence-electron chi connectivity index (χ2n) is 3.19. The summed E-state index contributed by atoms with van der Waals surface area (Å²) in [7, 11) is 0. The molecule has 1 aromatic carbocycles. The normalized spacial score (nSPS) is 15.3. The lowest BCUT2D eigenvalue weighted by molar-refractivity contribution is -0.520. The van der Waals surface area contributed by atoms with Crippen molar-refractivity contribution < 1.29 is 9.50 Å². The molecule has 2 aromatic rings. The van der Waals surface area contributed by atoms with Crippen molar-refractivity contribution in [3.05, 3.63) is 22.6 Å². The minimum Gasteiger partial charge on any atom is -0.243 e. The molecule has 2 heterocycles. The second kappa shape index (κ2) is 2.50. The van der Waals surface area contributed by atoms with Crippen LogP contribution in [0.5, 0.6) is 0 Å². The fourth-order valence-electron chi connectivity index (χ4n) is 1.67. The standard InChI is InChI=1S/C8H7N4O2/c13-12-4-3-5-6(9-12)1-2-7-8(5)11-14-10-7/h1-2H,3-4H2,(H,9,13)/q+1. The Labute approximate surface area is 78.4 Å². The average Bonchev–Trinajstić information content (AvgIpc) is 2.65. The molecule has 14 heavy (non-hydrogen) atoms. The van der Waals surface area contributed by atoms with Crippen LogP contribution in [0.2, 0.25) is 0 Å². The van der Waals surface area contributed by atoms with Crippen LogP contribution in [-0.4, -0.2) is 21.7 Å². The van der Waals surface area contributed by atoms with Gasteiger partial charge in [-0.3, -0.25) is 0 Å². The van der Waals surface area contributed by atoms with Crippen LogP contribution in [0, 0.1) is 4.91 Å². The summed E-state index contributed by atoms with van der Waals surface area (Å²) in [5.41, 5.74) is 5.96. The first-order valence-corrected chi connectivity index (χ1v) is 4.30. The number of nitrogens with one attached hydrogen (secondary N) is 1. The molecule has 3 rings (SSSR count). The number of nitroso groups, excluding NO2 is 1. The summed E-state index contributed by atoms with van der Waals surface area (Å²) in [5.74, 6) is 0. The van der Waals surface area contributed by atoms with E-state index in [1.165, 1.54) is 0 Å². The second-order valence-corrected chi connectivity index (χ2v) is 3.19. The predicted octanol–water partition coefficient (Wildman–Crippen LogP) is 0.885. The summed E-state index contributed by atoms with van der Waals surface area (Å²) < 4.78 is 4.64. The molecule has 0 atom stereocenters. The molecule has 6 heteroatoms. The first-order valence-electron chi connectivity index (χ1n) is 4.30. The fourth-order valence-corrected chi connectivity index (χ4v) is 1.67. The quantitative estimate of drug-likeness (QED) is 0.626. The Kier molecular flexibility index (Phi) is 1.33. The molecular weight excluding hydrogens is 184 g/mol. The molecule has 1 aliphatic heterocycles. The van der Waals surface area contributed by atoms with E-state index in [0.29, 0.717) is 13.0 Å². The molecule has 1 N–H and O–H groups in total. The zero-order valence-corrected chi connectivity index (χ0v) is 7.23. The molecule has 0 saturated carbocycles. The van der Waals surface area contributed by atoms with E-state index in [4.69, 9.17) is 0 Å². The molecule has 1 aromatic heterocycles. The molecular formula is C8H7N4O2+. The largest absolute Gasteiger partial charge is 0.243 e. The molecule has 0 radical (unpaired) electrons. The van der Waals surface area contributed by atoms with Gasteiger partial charge >= 0.3 is 0 Å². The topological polar surface area (TPSA) is 71.0 Å². The van der Waals surface area contributed by atoms with E-state index in [9.17, 15) is 4.91 Å². The molecule has 0 saturated heterocycles. The Morgan fingerprint density at radius 2 is 2.36 bits per heavy atom. The van der Waals surface area contributed by atoms with Crippen molar-refractivity contribution in [2.24, 2.45) is 0 Å². The van der Waals surface area contributed by atoms with Crippen molar-refractivity contribution in [1.82, 2.24) is 10.3 Å². The first-order chi connectivity index (χ1) is 6.84. The molecule has 6 nitrogen and oxygen atoms in total. The van der Waals surface area contributed by atoms with Crippen molar-refractivity contribution in [1.29, 1.82) is 0 Å². The van der Waals surface area contributed by atoms with Gasteiger partial charge in [-0.2, -0.15) is 0 Å². The van der Waals surface area contributed by atoms with Gasteiger partial charge in [-0.1, -0.05) is 0 Å². The summed E-state index contributed by atoms with van der Waals surface area (Å²) in [6, 6.07) is 3.59. The van der Waals surface area contributed by atoms with Gasteiger partial charge in [-0.05, 0) is 22.4 Å². The highest BCUT2D eigenvalue weighted by Gasteiger charge is 2.23. The Morgan fingerprint density at radius 3 is 3.29 bits per heavy atom. The zero-order valence-electron chi connectivity index (χ0n) is 7.23.